The lowest BCUT2D eigenvalue weighted by Crippen LogP contribution is -2.03. The van der Waals surface area contributed by atoms with E-state index in [0.717, 1.165) is 11.3 Å². The third-order valence-corrected chi connectivity index (χ3v) is 3.57. The molecular formula is C13H16O3. The minimum Gasteiger partial charge on any atom is -0.496 e. The van der Waals surface area contributed by atoms with Gasteiger partial charge in [0.25, 0.3) is 0 Å². The third-order valence-electron chi connectivity index (χ3n) is 3.57. The SMILES string of the molecule is COc1ccccc1[C@@H]1[C@@H](C(=O)O)C1(C)C. The topological polar surface area (TPSA) is 46.5 Å². The molecule has 0 spiro atoms. The van der Waals surface area contributed by atoms with Crippen molar-refractivity contribution in [3.05, 3.63) is 29.8 Å². The first-order valence-corrected chi connectivity index (χ1v) is 5.36. The predicted molar refractivity (Wildman–Crippen MR) is 60.6 cm³/mol. The van der Waals surface area contributed by atoms with Gasteiger partial charge >= 0.3 is 5.97 Å². The number of hydrogen-bond donors (Lipinski definition) is 1. The molecule has 0 aliphatic heterocycles. The highest BCUT2D eigenvalue weighted by atomic mass is 16.5. The number of benzene rings is 1. The van der Waals surface area contributed by atoms with Crippen LogP contribution in [0.15, 0.2) is 24.3 Å². The fourth-order valence-corrected chi connectivity index (χ4v) is 2.60. The summed E-state index contributed by atoms with van der Waals surface area (Å²) < 4.78 is 5.28. The van der Waals surface area contributed by atoms with Crippen LogP contribution >= 0.6 is 0 Å². The maximum Gasteiger partial charge on any atom is 0.307 e. The van der Waals surface area contributed by atoms with Gasteiger partial charge in [-0.15, -0.1) is 0 Å². The summed E-state index contributed by atoms with van der Waals surface area (Å²) in [4.78, 5) is 11.1. The van der Waals surface area contributed by atoms with E-state index < -0.39 is 5.97 Å². The highest BCUT2D eigenvalue weighted by Gasteiger charge is 2.63. The lowest BCUT2D eigenvalue weighted by molar-refractivity contribution is -0.139. The van der Waals surface area contributed by atoms with E-state index in [1.165, 1.54) is 0 Å². The Balaban J connectivity index is 2.37. The Kier molecular flexibility index (Phi) is 2.41. The maximum atomic E-state index is 11.1. The van der Waals surface area contributed by atoms with Gasteiger partial charge in [-0.3, -0.25) is 4.79 Å². The molecule has 3 nitrogen and oxygen atoms in total. The van der Waals surface area contributed by atoms with Crippen LogP contribution in [0, 0.1) is 11.3 Å². The van der Waals surface area contributed by atoms with E-state index in [1.54, 1.807) is 7.11 Å². The first-order valence-electron chi connectivity index (χ1n) is 5.36. The predicted octanol–water partition coefficient (Wildman–Crippen LogP) is 2.52. The fraction of sp³-hybridized carbons (Fsp3) is 0.462. The summed E-state index contributed by atoms with van der Waals surface area (Å²) >= 11 is 0. The van der Waals surface area contributed by atoms with Crippen LogP contribution in [0.2, 0.25) is 0 Å². The van der Waals surface area contributed by atoms with Gasteiger partial charge in [0.2, 0.25) is 0 Å². The van der Waals surface area contributed by atoms with E-state index in [1.807, 2.05) is 38.1 Å². The Labute approximate surface area is 95.0 Å². The maximum absolute atomic E-state index is 11.1. The minimum atomic E-state index is -0.721. The molecule has 0 saturated heterocycles. The molecule has 2 atom stereocenters. The van der Waals surface area contributed by atoms with Crippen molar-refractivity contribution in [2.45, 2.75) is 19.8 Å². The van der Waals surface area contributed by atoms with Crippen molar-refractivity contribution in [1.29, 1.82) is 0 Å². The quantitative estimate of drug-likeness (QED) is 0.851. The second-order valence-corrected chi connectivity index (χ2v) is 4.86. The van der Waals surface area contributed by atoms with Gasteiger partial charge in [0.05, 0.1) is 13.0 Å². The van der Waals surface area contributed by atoms with Crippen LogP contribution in [0.5, 0.6) is 5.75 Å². The summed E-state index contributed by atoms with van der Waals surface area (Å²) in [5, 5.41) is 9.14. The van der Waals surface area contributed by atoms with Gasteiger partial charge in [0, 0.05) is 5.92 Å². The van der Waals surface area contributed by atoms with Gasteiger partial charge in [0.15, 0.2) is 0 Å². The van der Waals surface area contributed by atoms with Crippen LogP contribution in [0.4, 0.5) is 0 Å². The molecule has 1 N–H and O–H groups in total. The molecule has 1 aliphatic rings. The number of para-hydroxylation sites is 1. The molecule has 16 heavy (non-hydrogen) atoms. The molecular weight excluding hydrogens is 204 g/mol. The molecule has 0 bridgehead atoms. The van der Waals surface area contributed by atoms with Gasteiger partial charge in [-0.1, -0.05) is 32.0 Å². The van der Waals surface area contributed by atoms with E-state index in [2.05, 4.69) is 0 Å². The van der Waals surface area contributed by atoms with Gasteiger partial charge in [0.1, 0.15) is 5.75 Å². The van der Waals surface area contributed by atoms with Crippen LogP contribution in [0.3, 0.4) is 0 Å². The normalized spacial score (nSPS) is 26.2. The van der Waals surface area contributed by atoms with Crippen LogP contribution < -0.4 is 4.74 Å². The number of hydrogen-bond acceptors (Lipinski definition) is 2. The number of aliphatic carboxylic acids is 1. The molecule has 1 aliphatic carbocycles. The smallest absolute Gasteiger partial charge is 0.307 e. The molecule has 86 valence electrons. The Hall–Kier alpha value is -1.51. The van der Waals surface area contributed by atoms with Crippen LogP contribution in [-0.2, 0) is 4.79 Å². The van der Waals surface area contributed by atoms with E-state index >= 15 is 0 Å². The zero-order chi connectivity index (χ0) is 11.9. The van der Waals surface area contributed by atoms with E-state index in [9.17, 15) is 4.79 Å². The van der Waals surface area contributed by atoms with Crippen LogP contribution in [0.1, 0.15) is 25.3 Å². The summed E-state index contributed by atoms with van der Waals surface area (Å²) in [7, 11) is 1.62. The summed E-state index contributed by atoms with van der Waals surface area (Å²) in [6.45, 7) is 3.98. The highest BCUT2D eigenvalue weighted by Crippen LogP contribution is 2.65. The number of carbonyl (C=O) groups is 1. The molecule has 1 saturated carbocycles. The Morgan fingerprint density at radius 3 is 2.50 bits per heavy atom. The largest absolute Gasteiger partial charge is 0.496 e. The van der Waals surface area contributed by atoms with Gasteiger partial charge < -0.3 is 9.84 Å². The van der Waals surface area contributed by atoms with Crippen molar-refractivity contribution >= 4 is 5.97 Å². The summed E-state index contributed by atoms with van der Waals surface area (Å²) in [5.41, 5.74) is 0.822. The molecule has 1 aromatic rings. The monoisotopic (exact) mass is 220 g/mol. The molecule has 0 unspecified atom stereocenters. The molecule has 1 aromatic carbocycles. The summed E-state index contributed by atoms with van der Waals surface area (Å²) in [6, 6.07) is 7.65. The number of ether oxygens (including phenoxy) is 1. The van der Waals surface area contributed by atoms with Crippen molar-refractivity contribution in [2.24, 2.45) is 11.3 Å². The van der Waals surface area contributed by atoms with Gasteiger partial charge in [-0.2, -0.15) is 0 Å². The first-order chi connectivity index (χ1) is 7.50. The second-order valence-electron chi connectivity index (χ2n) is 4.86. The molecule has 0 amide bonds. The number of carboxylic acids is 1. The van der Waals surface area contributed by atoms with Crippen molar-refractivity contribution in [3.63, 3.8) is 0 Å². The van der Waals surface area contributed by atoms with Crippen molar-refractivity contribution < 1.29 is 14.6 Å². The van der Waals surface area contributed by atoms with E-state index in [0.29, 0.717) is 0 Å². The lowest BCUT2D eigenvalue weighted by Gasteiger charge is -2.08. The molecule has 0 heterocycles. The fourth-order valence-electron chi connectivity index (χ4n) is 2.60. The Morgan fingerprint density at radius 1 is 1.38 bits per heavy atom. The summed E-state index contributed by atoms with van der Waals surface area (Å²) in [6.07, 6.45) is 0. The highest BCUT2D eigenvalue weighted by molar-refractivity contribution is 5.78. The van der Waals surface area contributed by atoms with Crippen LogP contribution in [0.25, 0.3) is 0 Å². The number of rotatable bonds is 3. The van der Waals surface area contributed by atoms with Crippen LogP contribution in [-0.4, -0.2) is 18.2 Å². The molecule has 0 radical (unpaired) electrons. The summed E-state index contributed by atoms with van der Waals surface area (Å²) in [5.74, 6) is -0.185. The van der Waals surface area contributed by atoms with Crippen molar-refractivity contribution in [2.75, 3.05) is 7.11 Å². The van der Waals surface area contributed by atoms with Gasteiger partial charge in [-0.05, 0) is 17.0 Å². The average molecular weight is 220 g/mol. The molecule has 0 aromatic heterocycles. The van der Waals surface area contributed by atoms with Gasteiger partial charge in [-0.25, -0.2) is 0 Å². The van der Waals surface area contributed by atoms with Crippen molar-refractivity contribution in [3.8, 4) is 5.75 Å². The van der Waals surface area contributed by atoms with E-state index in [-0.39, 0.29) is 17.3 Å². The third kappa shape index (κ3) is 1.47. The van der Waals surface area contributed by atoms with E-state index in [4.69, 9.17) is 9.84 Å². The Bertz CT molecular complexity index is 423. The average Bonchev–Trinajstić information content (AvgIpc) is 2.81. The zero-order valence-corrected chi connectivity index (χ0v) is 9.73. The second kappa shape index (κ2) is 3.51. The molecule has 2 rings (SSSR count). The standard InChI is InChI=1S/C13H16O3/c1-13(2)10(11(13)12(14)15)8-6-4-5-7-9(8)16-3/h4-7,10-11H,1-3H3,(H,14,15)/t10-,11+/m1/s1. The Morgan fingerprint density at radius 2 is 2.00 bits per heavy atom. The van der Waals surface area contributed by atoms with Crippen molar-refractivity contribution in [1.82, 2.24) is 0 Å². The molecule has 1 fully saturated rings. The number of methoxy groups -OCH3 is 1. The minimum absolute atomic E-state index is 0.0566. The first kappa shape index (κ1) is 11.0. The zero-order valence-electron chi connectivity index (χ0n) is 9.73. The molecule has 3 heteroatoms. The number of carboxylic acid groups (broad SMARTS) is 1. The lowest BCUT2D eigenvalue weighted by atomic mass is 10.0.